The maximum absolute atomic E-state index is 12.3. The third kappa shape index (κ3) is 3.23. The third-order valence-corrected chi connectivity index (χ3v) is 2.57. The van der Waals surface area contributed by atoms with Gasteiger partial charge in [0.1, 0.15) is 0 Å². The van der Waals surface area contributed by atoms with Crippen LogP contribution in [0, 0.1) is 0 Å². The highest BCUT2D eigenvalue weighted by molar-refractivity contribution is 5.26. The van der Waals surface area contributed by atoms with Crippen LogP contribution in [0.1, 0.15) is 36.9 Å². The molecule has 0 aliphatic rings. The second kappa shape index (κ2) is 5.34. The van der Waals surface area contributed by atoms with Crippen molar-refractivity contribution < 1.29 is 13.2 Å². The van der Waals surface area contributed by atoms with Crippen molar-refractivity contribution in [3.63, 3.8) is 0 Å². The highest BCUT2D eigenvalue weighted by Gasteiger charge is 2.30. The molecule has 0 fully saturated rings. The van der Waals surface area contributed by atoms with Crippen LogP contribution in [0.5, 0.6) is 0 Å². The highest BCUT2D eigenvalue weighted by atomic mass is 19.4. The summed E-state index contributed by atoms with van der Waals surface area (Å²) in [4.78, 5) is 0. The molecule has 0 aromatic heterocycles. The predicted octanol–water partition coefficient (Wildman–Crippen LogP) is 3.77. The van der Waals surface area contributed by atoms with Gasteiger partial charge in [0.05, 0.1) is 5.56 Å². The SMILES string of the molecule is CCCC(NC)c1ccc(C(F)(F)F)cc1. The first-order valence-corrected chi connectivity index (χ1v) is 5.33. The van der Waals surface area contributed by atoms with E-state index < -0.39 is 11.7 Å². The minimum Gasteiger partial charge on any atom is -0.313 e. The zero-order valence-corrected chi connectivity index (χ0v) is 9.43. The van der Waals surface area contributed by atoms with E-state index in [1.807, 2.05) is 7.05 Å². The van der Waals surface area contributed by atoms with Crippen molar-refractivity contribution in [1.29, 1.82) is 0 Å². The molecule has 0 heterocycles. The predicted molar refractivity (Wildman–Crippen MR) is 58.2 cm³/mol. The summed E-state index contributed by atoms with van der Waals surface area (Å²) in [5.41, 5.74) is 0.306. The summed E-state index contributed by atoms with van der Waals surface area (Å²) in [5, 5.41) is 3.10. The van der Waals surface area contributed by atoms with Gasteiger partial charge in [0, 0.05) is 6.04 Å². The van der Waals surface area contributed by atoms with Gasteiger partial charge in [-0.15, -0.1) is 0 Å². The molecule has 90 valence electrons. The Morgan fingerprint density at radius 2 is 1.75 bits per heavy atom. The minimum absolute atomic E-state index is 0.132. The Labute approximate surface area is 93.7 Å². The van der Waals surface area contributed by atoms with E-state index in [0.717, 1.165) is 30.5 Å². The van der Waals surface area contributed by atoms with E-state index in [-0.39, 0.29) is 6.04 Å². The van der Waals surface area contributed by atoms with Crippen molar-refractivity contribution in [1.82, 2.24) is 5.32 Å². The lowest BCUT2D eigenvalue weighted by atomic mass is 10.0. The Morgan fingerprint density at radius 3 is 2.12 bits per heavy atom. The van der Waals surface area contributed by atoms with Gasteiger partial charge in [-0.3, -0.25) is 0 Å². The molecule has 1 aromatic carbocycles. The number of nitrogens with one attached hydrogen (secondary N) is 1. The van der Waals surface area contributed by atoms with Gasteiger partial charge in [0.15, 0.2) is 0 Å². The van der Waals surface area contributed by atoms with Crippen LogP contribution in [0.3, 0.4) is 0 Å². The number of halogens is 3. The van der Waals surface area contributed by atoms with Crippen LogP contribution in [0.25, 0.3) is 0 Å². The molecule has 1 N–H and O–H groups in total. The fourth-order valence-electron chi connectivity index (χ4n) is 1.67. The molecule has 1 atom stereocenters. The number of alkyl halides is 3. The fourth-order valence-corrected chi connectivity index (χ4v) is 1.67. The molecule has 1 aromatic rings. The van der Waals surface area contributed by atoms with E-state index in [1.54, 1.807) is 12.1 Å². The number of hydrogen-bond donors (Lipinski definition) is 1. The van der Waals surface area contributed by atoms with Crippen molar-refractivity contribution in [3.8, 4) is 0 Å². The molecular formula is C12H16F3N. The van der Waals surface area contributed by atoms with Gasteiger partial charge in [0.25, 0.3) is 0 Å². The zero-order chi connectivity index (χ0) is 12.2. The lowest BCUT2D eigenvalue weighted by Crippen LogP contribution is -2.16. The fraction of sp³-hybridized carbons (Fsp3) is 0.500. The lowest BCUT2D eigenvalue weighted by molar-refractivity contribution is -0.137. The summed E-state index contributed by atoms with van der Waals surface area (Å²) in [6, 6.07) is 5.48. The molecule has 1 nitrogen and oxygen atoms in total. The molecule has 0 aliphatic heterocycles. The van der Waals surface area contributed by atoms with Crippen molar-refractivity contribution in [2.24, 2.45) is 0 Å². The lowest BCUT2D eigenvalue weighted by Gasteiger charge is -2.16. The average Bonchev–Trinajstić information content (AvgIpc) is 2.25. The van der Waals surface area contributed by atoms with Crippen LogP contribution in [0.2, 0.25) is 0 Å². The number of benzene rings is 1. The van der Waals surface area contributed by atoms with E-state index >= 15 is 0 Å². The maximum atomic E-state index is 12.3. The maximum Gasteiger partial charge on any atom is 0.416 e. The first kappa shape index (κ1) is 13.0. The van der Waals surface area contributed by atoms with Crippen LogP contribution in [-0.4, -0.2) is 7.05 Å². The standard InChI is InChI=1S/C12H16F3N/c1-3-4-11(16-2)9-5-7-10(8-6-9)12(13,14)15/h5-8,11,16H,3-4H2,1-2H3. The van der Waals surface area contributed by atoms with Crippen molar-refractivity contribution >= 4 is 0 Å². The first-order valence-electron chi connectivity index (χ1n) is 5.33. The molecule has 0 amide bonds. The zero-order valence-electron chi connectivity index (χ0n) is 9.43. The monoisotopic (exact) mass is 231 g/mol. The molecule has 0 saturated carbocycles. The smallest absolute Gasteiger partial charge is 0.313 e. The van der Waals surface area contributed by atoms with Crippen molar-refractivity contribution in [3.05, 3.63) is 35.4 Å². The largest absolute Gasteiger partial charge is 0.416 e. The van der Waals surface area contributed by atoms with Crippen molar-refractivity contribution in [2.45, 2.75) is 32.0 Å². The first-order chi connectivity index (χ1) is 7.49. The molecule has 0 aliphatic carbocycles. The van der Waals surface area contributed by atoms with E-state index in [4.69, 9.17) is 0 Å². The van der Waals surface area contributed by atoms with Gasteiger partial charge >= 0.3 is 6.18 Å². The van der Waals surface area contributed by atoms with Crippen LogP contribution in [0.4, 0.5) is 13.2 Å². The summed E-state index contributed by atoms with van der Waals surface area (Å²) < 4.78 is 37.0. The van der Waals surface area contributed by atoms with E-state index in [9.17, 15) is 13.2 Å². The molecule has 16 heavy (non-hydrogen) atoms. The van der Waals surface area contributed by atoms with E-state index in [1.165, 1.54) is 0 Å². The number of hydrogen-bond acceptors (Lipinski definition) is 1. The Morgan fingerprint density at radius 1 is 1.19 bits per heavy atom. The van der Waals surface area contributed by atoms with Crippen molar-refractivity contribution in [2.75, 3.05) is 7.05 Å². The summed E-state index contributed by atoms with van der Waals surface area (Å²) >= 11 is 0. The van der Waals surface area contributed by atoms with Crippen LogP contribution < -0.4 is 5.32 Å². The van der Waals surface area contributed by atoms with Gasteiger partial charge in [-0.05, 0) is 31.2 Å². The van der Waals surface area contributed by atoms with E-state index in [0.29, 0.717) is 0 Å². The second-order valence-corrected chi connectivity index (χ2v) is 3.75. The van der Waals surface area contributed by atoms with Crippen LogP contribution >= 0.6 is 0 Å². The summed E-state index contributed by atoms with van der Waals surface area (Å²) in [5.74, 6) is 0. The quantitative estimate of drug-likeness (QED) is 0.831. The van der Waals surface area contributed by atoms with Crippen LogP contribution in [0.15, 0.2) is 24.3 Å². The summed E-state index contributed by atoms with van der Waals surface area (Å²) in [6.45, 7) is 2.05. The topological polar surface area (TPSA) is 12.0 Å². The highest BCUT2D eigenvalue weighted by Crippen LogP contribution is 2.30. The average molecular weight is 231 g/mol. The third-order valence-electron chi connectivity index (χ3n) is 2.57. The number of rotatable bonds is 4. The molecule has 0 spiro atoms. The Bertz CT molecular complexity index is 316. The summed E-state index contributed by atoms with van der Waals surface area (Å²) in [6.07, 6.45) is -2.34. The van der Waals surface area contributed by atoms with Gasteiger partial charge in [-0.25, -0.2) is 0 Å². The molecule has 1 unspecified atom stereocenters. The molecule has 0 radical (unpaired) electrons. The molecule has 0 bridgehead atoms. The van der Waals surface area contributed by atoms with E-state index in [2.05, 4.69) is 12.2 Å². The second-order valence-electron chi connectivity index (χ2n) is 3.75. The van der Waals surface area contributed by atoms with Crippen LogP contribution in [-0.2, 0) is 6.18 Å². The molecule has 4 heteroatoms. The van der Waals surface area contributed by atoms with Gasteiger partial charge in [-0.2, -0.15) is 13.2 Å². The van der Waals surface area contributed by atoms with Gasteiger partial charge in [0.2, 0.25) is 0 Å². The molecule has 0 saturated heterocycles. The van der Waals surface area contributed by atoms with Gasteiger partial charge in [-0.1, -0.05) is 25.5 Å². The van der Waals surface area contributed by atoms with Gasteiger partial charge < -0.3 is 5.32 Å². The normalized spacial score (nSPS) is 13.8. The Hall–Kier alpha value is -1.03. The Kier molecular flexibility index (Phi) is 4.35. The molecule has 1 rings (SSSR count). The molecular weight excluding hydrogens is 215 g/mol. The minimum atomic E-state index is -4.25. The summed E-state index contributed by atoms with van der Waals surface area (Å²) in [7, 11) is 1.82. The Balaban J connectivity index is 2.85.